The molecule has 22 heavy (non-hydrogen) atoms. The fourth-order valence-electron chi connectivity index (χ4n) is 1.89. The molecule has 0 radical (unpaired) electrons. The Bertz CT molecular complexity index is 588. The van der Waals surface area contributed by atoms with E-state index in [0.29, 0.717) is 18.8 Å². The number of hydrogen-bond acceptors (Lipinski definition) is 6. The summed E-state index contributed by atoms with van der Waals surface area (Å²) >= 11 is 2.92. The Morgan fingerprint density at radius 2 is 2.05 bits per heavy atom. The van der Waals surface area contributed by atoms with Gasteiger partial charge in [0.2, 0.25) is 11.0 Å². The van der Waals surface area contributed by atoms with E-state index in [1.54, 1.807) is 0 Å². The van der Waals surface area contributed by atoms with Crippen molar-refractivity contribution >= 4 is 34.1 Å². The van der Waals surface area contributed by atoms with Gasteiger partial charge in [-0.2, -0.15) is 0 Å². The number of nitrogens with zero attached hydrogens (tertiary/aromatic N) is 3. The smallest absolute Gasteiger partial charge is 0.233 e. The minimum atomic E-state index is 0.122. The Kier molecular flexibility index (Phi) is 6.67. The zero-order valence-electron chi connectivity index (χ0n) is 12.8. The number of carbonyl (C=O) groups excluding carboxylic acids is 1. The highest BCUT2D eigenvalue weighted by atomic mass is 32.2. The van der Waals surface area contributed by atoms with Gasteiger partial charge in [0.25, 0.3) is 0 Å². The first-order valence-corrected chi connectivity index (χ1v) is 9.05. The molecule has 1 aromatic heterocycles. The van der Waals surface area contributed by atoms with Gasteiger partial charge in [-0.25, -0.2) is 0 Å². The first-order chi connectivity index (χ1) is 10.7. The van der Waals surface area contributed by atoms with E-state index >= 15 is 0 Å². The number of aromatic nitrogens is 2. The summed E-state index contributed by atoms with van der Waals surface area (Å²) < 4.78 is 0.820. The van der Waals surface area contributed by atoms with Gasteiger partial charge in [-0.15, -0.1) is 10.2 Å². The average Bonchev–Trinajstić information content (AvgIpc) is 2.99. The predicted octanol–water partition coefficient (Wildman–Crippen LogP) is 3.11. The SMILES string of the molecule is CCNc1nnc(SCC(=O)N(CC)Cc2ccccc2)s1. The molecule has 0 aliphatic heterocycles. The van der Waals surface area contributed by atoms with Crippen molar-refractivity contribution in [3.63, 3.8) is 0 Å². The molecule has 7 heteroatoms. The minimum absolute atomic E-state index is 0.122. The monoisotopic (exact) mass is 336 g/mol. The van der Waals surface area contributed by atoms with Crippen molar-refractivity contribution in [2.45, 2.75) is 24.7 Å². The number of amides is 1. The van der Waals surface area contributed by atoms with Crippen LogP contribution in [0.15, 0.2) is 34.7 Å². The zero-order valence-corrected chi connectivity index (χ0v) is 14.4. The molecular weight excluding hydrogens is 316 g/mol. The molecule has 0 aliphatic rings. The van der Waals surface area contributed by atoms with E-state index < -0.39 is 0 Å². The Hall–Kier alpha value is -1.60. The number of anilines is 1. The molecule has 1 amide bonds. The molecule has 0 bridgehead atoms. The molecule has 0 fully saturated rings. The van der Waals surface area contributed by atoms with E-state index in [-0.39, 0.29) is 5.91 Å². The molecule has 2 aromatic rings. The van der Waals surface area contributed by atoms with Crippen molar-refractivity contribution < 1.29 is 4.79 Å². The van der Waals surface area contributed by atoms with E-state index in [1.807, 2.05) is 49.1 Å². The first kappa shape index (κ1) is 16.8. The summed E-state index contributed by atoms with van der Waals surface area (Å²) in [7, 11) is 0. The fraction of sp³-hybridized carbons (Fsp3) is 0.400. The molecule has 1 aromatic carbocycles. The van der Waals surface area contributed by atoms with E-state index in [1.165, 1.54) is 23.1 Å². The van der Waals surface area contributed by atoms with Crippen molar-refractivity contribution in [1.82, 2.24) is 15.1 Å². The first-order valence-electron chi connectivity index (χ1n) is 7.24. The van der Waals surface area contributed by atoms with Gasteiger partial charge in [-0.3, -0.25) is 4.79 Å². The molecule has 0 atom stereocenters. The lowest BCUT2D eigenvalue weighted by Gasteiger charge is -2.20. The summed E-state index contributed by atoms with van der Waals surface area (Å²) in [6.45, 7) is 6.18. The maximum absolute atomic E-state index is 12.3. The van der Waals surface area contributed by atoms with Gasteiger partial charge >= 0.3 is 0 Å². The third kappa shape index (κ3) is 4.99. The number of nitrogens with one attached hydrogen (secondary N) is 1. The van der Waals surface area contributed by atoms with Crippen LogP contribution in [0.1, 0.15) is 19.4 Å². The third-order valence-corrected chi connectivity index (χ3v) is 5.00. The Morgan fingerprint density at radius 1 is 1.27 bits per heavy atom. The fourth-order valence-corrected chi connectivity index (χ4v) is 3.61. The highest BCUT2D eigenvalue weighted by molar-refractivity contribution is 8.01. The number of carbonyl (C=O) groups is 1. The van der Waals surface area contributed by atoms with Crippen LogP contribution in [0.25, 0.3) is 0 Å². The van der Waals surface area contributed by atoms with Crippen LogP contribution in [-0.4, -0.2) is 39.8 Å². The van der Waals surface area contributed by atoms with Gasteiger partial charge in [0.15, 0.2) is 4.34 Å². The zero-order chi connectivity index (χ0) is 15.8. The molecule has 5 nitrogen and oxygen atoms in total. The highest BCUT2D eigenvalue weighted by Gasteiger charge is 2.14. The minimum Gasteiger partial charge on any atom is -0.360 e. The Morgan fingerprint density at radius 3 is 2.73 bits per heavy atom. The lowest BCUT2D eigenvalue weighted by atomic mass is 10.2. The Balaban J connectivity index is 1.86. The number of rotatable bonds is 8. The number of benzene rings is 1. The van der Waals surface area contributed by atoms with Gasteiger partial charge in [0.05, 0.1) is 5.75 Å². The lowest BCUT2D eigenvalue weighted by Crippen LogP contribution is -2.31. The summed E-state index contributed by atoms with van der Waals surface area (Å²) in [5.74, 6) is 0.512. The molecule has 1 N–H and O–H groups in total. The largest absolute Gasteiger partial charge is 0.360 e. The van der Waals surface area contributed by atoms with Gasteiger partial charge in [0, 0.05) is 19.6 Å². The van der Waals surface area contributed by atoms with Crippen LogP contribution in [0.2, 0.25) is 0 Å². The maximum Gasteiger partial charge on any atom is 0.233 e. The summed E-state index contributed by atoms with van der Waals surface area (Å²) in [5, 5.41) is 12.0. The molecule has 0 saturated heterocycles. The molecular formula is C15H20N4OS2. The molecule has 0 spiro atoms. The second-order valence-corrected chi connectivity index (χ2v) is 6.79. The van der Waals surface area contributed by atoms with E-state index in [0.717, 1.165) is 21.6 Å². The summed E-state index contributed by atoms with van der Waals surface area (Å²) in [4.78, 5) is 14.2. The van der Waals surface area contributed by atoms with Crippen molar-refractivity contribution in [2.24, 2.45) is 0 Å². The van der Waals surface area contributed by atoms with E-state index in [2.05, 4.69) is 15.5 Å². The second-order valence-electron chi connectivity index (χ2n) is 4.59. The van der Waals surface area contributed by atoms with Gasteiger partial charge in [-0.1, -0.05) is 53.4 Å². The van der Waals surface area contributed by atoms with Crippen LogP contribution >= 0.6 is 23.1 Å². The van der Waals surface area contributed by atoms with Crippen molar-refractivity contribution in [2.75, 3.05) is 24.2 Å². The standard InChI is InChI=1S/C15H20N4OS2/c1-3-16-14-17-18-15(22-14)21-11-13(20)19(4-2)10-12-8-6-5-7-9-12/h5-9H,3-4,10-11H2,1-2H3,(H,16,17). The number of hydrogen-bond donors (Lipinski definition) is 1. The topological polar surface area (TPSA) is 58.1 Å². The third-order valence-electron chi connectivity index (χ3n) is 3.00. The average molecular weight is 336 g/mol. The van der Waals surface area contributed by atoms with Crippen molar-refractivity contribution in [3.8, 4) is 0 Å². The van der Waals surface area contributed by atoms with E-state index in [9.17, 15) is 4.79 Å². The highest BCUT2D eigenvalue weighted by Crippen LogP contribution is 2.25. The van der Waals surface area contributed by atoms with Crippen LogP contribution in [0.3, 0.4) is 0 Å². The van der Waals surface area contributed by atoms with Crippen LogP contribution in [0.5, 0.6) is 0 Å². The number of thioether (sulfide) groups is 1. The summed E-state index contributed by atoms with van der Waals surface area (Å²) in [6.07, 6.45) is 0. The summed E-state index contributed by atoms with van der Waals surface area (Å²) in [5.41, 5.74) is 1.15. The quantitative estimate of drug-likeness (QED) is 0.751. The molecule has 0 aliphatic carbocycles. The summed E-state index contributed by atoms with van der Waals surface area (Å²) in [6, 6.07) is 10.0. The molecule has 0 unspecified atom stereocenters. The van der Waals surface area contributed by atoms with Crippen LogP contribution in [0.4, 0.5) is 5.13 Å². The van der Waals surface area contributed by atoms with Crippen LogP contribution in [0, 0.1) is 0 Å². The van der Waals surface area contributed by atoms with Gasteiger partial charge in [0.1, 0.15) is 0 Å². The Labute approximate surface area is 139 Å². The van der Waals surface area contributed by atoms with Crippen molar-refractivity contribution in [1.29, 1.82) is 0 Å². The molecule has 118 valence electrons. The molecule has 1 heterocycles. The van der Waals surface area contributed by atoms with Crippen LogP contribution < -0.4 is 5.32 Å². The van der Waals surface area contributed by atoms with E-state index in [4.69, 9.17) is 0 Å². The normalized spacial score (nSPS) is 10.5. The lowest BCUT2D eigenvalue weighted by molar-refractivity contribution is -0.128. The maximum atomic E-state index is 12.3. The predicted molar refractivity (Wildman–Crippen MR) is 92.3 cm³/mol. The van der Waals surface area contributed by atoms with Gasteiger partial charge < -0.3 is 10.2 Å². The second kappa shape index (κ2) is 8.75. The molecule has 2 rings (SSSR count). The molecule has 0 saturated carbocycles. The van der Waals surface area contributed by atoms with Crippen molar-refractivity contribution in [3.05, 3.63) is 35.9 Å². The van der Waals surface area contributed by atoms with Gasteiger partial charge in [-0.05, 0) is 19.4 Å². The van der Waals surface area contributed by atoms with Crippen LogP contribution in [-0.2, 0) is 11.3 Å².